The molecule has 0 unspecified atom stereocenters. The summed E-state index contributed by atoms with van der Waals surface area (Å²) in [5.41, 5.74) is 8.00. The minimum Gasteiger partial charge on any atom is -0.472 e. The second kappa shape index (κ2) is 10.8. The summed E-state index contributed by atoms with van der Waals surface area (Å²) in [6, 6.07) is 11.8. The van der Waals surface area contributed by atoms with E-state index in [1.807, 2.05) is 0 Å². The minimum absolute atomic E-state index is 0.00706. The van der Waals surface area contributed by atoms with Crippen LogP contribution in [-0.2, 0) is 9.53 Å². The zero-order chi connectivity index (χ0) is 24.0. The Hall–Kier alpha value is -3.66. The topological polar surface area (TPSA) is 113 Å². The summed E-state index contributed by atoms with van der Waals surface area (Å²) in [5, 5.41) is 11.1. The predicted octanol–water partition coefficient (Wildman–Crippen LogP) is 4.70. The quantitative estimate of drug-likeness (QED) is 0.294. The van der Waals surface area contributed by atoms with E-state index in [9.17, 15) is 13.6 Å². The molecule has 1 aliphatic heterocycles. The molecule has 0 spiro atoms. The van der Waals surface area contributed by atoms with Gasteiger partial charge in [-0.2, -0.15) is 0 Å². The molecule has 7 nitrogen and oxygen atoms in total. The molecule has 4 N–H and O–H groups in total. The number of dihydropyridines is 1. The number of carbonyl (C=O) groups excluding carboxylic acids is 1. The smallest absolute Gasteiger partial charge is 0.272 e. The number of hydrogen-bond donors (Lipinski definition) is 3. The number of anilines is 2. The van der Waals surface area contributed by atoms with E-state index in [1.54, 1.807) is 55.7 Å². The standard InChI is InChI=1S/C23H20BrF2N5O2/c1-29-11-14-10-16(6-7-17(14)27)30-23(32)21(13-2-4-15(24)5-3-13)22-18(28)8-9-20(31-22)33-12-19(25)26/h2-11,19,28H,12,27H2,1H3,(H,30,32)/b22-21+,28-18?,29-11?. The number of nitrogen functional groups attached to an aromatic ring is 1. The molecule has 10 heteroatoms. The summed E-state index contributed by atoms with van der Waals surface area (Å²) in [6.07, 6.45) is 1.53. The van der Waals surface area contributed by atoms with Crippen LogP contribution in [-0.4, -0.2) is 43.8 Å². The molecule has 33 heavy (non-hydrogen) atoms. The van der Waals surface area contributed by atoms with Crippen LogP contribution in [0.5, 0.6) is 0 Å². The maximum Gasteiger partial charge on any atom is 0.272 e. The number of allylic oxidation sites excluding steroid dienone is 1. The van der Waals surface area contributed by atoms with Gasteiger partial charge in [-0.1, -0.05) is 28.1 Å². The Balaban J connectivity index is 2.06. The average Bonchev–Trinajstić information content (AvgIpc) is 2.78. The van der Waals surface area contributed by atoms with E-state index in [0.717, 1.165) is 4.47 Å². The zero-order valence-electron chi connectivity index (χ0n) is 17.5. The monoisotopic (exact) mass is 515 g/mol. The van der Waals surface area contributed by atoms with Crippen LogP contribution in [0.1, 0.15) is 11.1 Å². The number of nitrogens with one attached hydrogen (secondary N) is 2. The second-order valence-corrected chi connectivity index (χ2v) is 7.73. The predicted molar refractivity (Wildman–Crippen MR) is 130 cm³/mol. The van der Waals surface area contributed by atoms with Crippen LogP contribution >= 0.6 is 15.9 Å². The number of nitrogens with two attached hydrogens (primary N) is 1. The third-order valence-corrected chi connectivity index (χ3v) is 4.97. The van der Waals surface area contributed by atoms with E-state index in [0.29, 0.717) is 22.5 Å². The number of amides is 1. The van der Waals surface area contributed by atoms with E-state index in [2.05, 4.69) is 31.2 Å². The molecule has 170 valence electrons. The summed E-state index contributed by atoms with van der Waals surface area (Å²) in [5.74, 6) is -0.661. The fraction of sp³-hybridized carbons (Fsp3) is 0.130. The van der Waals surface area contributed by atoms with E-state index >= 15 is 0 Å². The molecule has 1 aliphatic rings. The van der Waals surface area contributed by atoms with E-state index < -0.39 is 18.9 Å². The van der Waals surface area contributed by atoms with Crippen molar-refractivity contribution in [1.82, 2.24) is 0 Å². The van der Waals surface area contributed by atoms with Crippen LogP contribution in [0.2, 0.25) is 0 Å². The Morgan fingerprint density at radius 1 is 1.27 bits per heavy atom. The van der Waals surface area contributed by atoms with Crippen molar-refractivity contribution >= 4 is 56.6 Å². The van der Waals surface area contributed by atoms with Crippen molar-refractivity contribution < 1.29 is 18.3 Å². The number of halogens is 3. The molecular weight excluding hydrogens is 496 g/mol. The average molecular weight is 516 g/mol. The lowest BCUT2D eigenvalue weighted by atomic mass is 9.99. The third-order valence-electron chi connectivity index (χ3n) is 4.44. The maximum absolute atomic E-state index is 13.4. The van der Waals surface area contributed by atoms with Crippen molar-refractivity contribution in [1.29, 1.82) is 5.41 Å². The van der Waals surface area contributed by atoms with E-state index in [-0.39, 0.29) is 22.9 Å². The number of benzene rings is 2. The van der Waals surface area contributed by atoms with Gasteiger partial charge in [0.05, 0.1) is 11.3 Å². The highest BCUT2D eigenvalue weighted by molar-refractivity contribution is 9.10. The van der Waals surface area contributed by atoms with Gasteiger partial charge in [-0.05, 0) is 42.0 Å². The van der Waals surface area contributed by atoms with Gasteiger partial charge in [0.2, 0.25) is 5.90 Å². The molecule has 0 bridgehead atoms. The molecule has 2 aromatic carbocycles. The number of carbonyl (C=O) groups is 1. The molecule has 3 rings (SSSR count). The van der Waals surface area contributed by atoms with Crippen molar-refractivity contribution in [3.8, 4) is 0 Å². The maximum atomic E-state index is 13.4. The van der Waals surface area contributed by atoms with Crippen LogP contribution in [0.4, 0.5) is 20.2 Å². The molecule has 2 aromatic rings. The first-order valence-corrected chi connectivity index (χ1v) is 10.5. The Labute approximate surface area is 197 Å². The lowest BCUT2D eigenvalue weighted by Crippen LogP contribution is -2.20. The van der Waals surface area contributed by atoms with Crippen molar-refractivity contribution in [3.05, 3.63) is 75.9 Å². The number of aliphatic imine (C=N–C) groups is 2. The zero-order valence-corrected chi connectivity index (χ0v) is 19.1. The van der Waals surface area contributed by atoms with Gasteiger partial charge in [-0.15, -0.1) is 0 Å². The number of nitrogens with zero attached hydrogens (tertiary/aromatic N) is 2. The molecule has 0 fully saturated rings. The lowest BCUT2D eigenvalue weighted by Gasteiger charge is -2.17. The van der Waals surface area contributed by atoms with Gasteiger partial charge in [0, 0.05) is 40.7 Å². The van der Waals surface area contributed by atoms with Crippen molar-refractivity contribution in [2.75, 3.05) is 24.7 Å². The van der Waals surface area contributed by atoms with Gasteiger partial charge in [0.25, 0.3) is 12.3 Å². The highest BCUT2D eigenvalue weighted by Crippen LogP contribution is 2.27. The molecular formula is C23H20BrF2N5O2. The summed E-state index contributed by atoms with van der Waals surface area (Å²) in [4.78, 5) is 21.5. The highest BCUT2D eigenvalue weighted by atomic mass is 79.9. The number of ether oxygens (including phenoxy) is 1. The second-order valence-electron chi connectivity index (χ2n) is 6.81. The van der Waals surface area contributed by atoms with Crippen LogP contribution in [0.15, 0.2) is 74.8 Å². The van der Waals surface area contributed by atoms with Crippen molar-refractivity contribution in [2.24, 2.45) is 9.98 Å². The Kier molecular flexibility index (Phi) is 7.83. The van der Waals surface area contributed by atoms with Crippen LogP contribution in [0.3, 0.4) is 0 Å². The van der Waals surface area contributed by atoms with Gasteiger partial charge in [0.15, 0.2) is 6.61 Å². The molecule has 0 radical (unpaired) electrons. The molecule has 1 heterocycles. The Bertz CT molecular complexity index is 1190. The molecule has 0 atom stereocenters. The summed E-state index contributed by atoms with van der Waals surface area (Å²) < 4.78 is 30.9. The van der Waals surface area contributed by atoms with Gasteiger partial charge < -0.3 is 15.8 Å². The summed E-state index contributed by atoms with van der Waals surface area (Å²) in [7, 11) is 1.61. The normalized spacial score (nSPS) is 15.1. The summed E-state index contributed by atoms with van der Waals surface area (Å²) >= 11 is 3.35. The van der Waals surface area contributed by atoms with Crippen LogP contribution in [0.25, 0.3) is 5.57 Å². The first kappa shape index (κ1) is 24.0. The van der Waals surface area contributed by atoms with Crippen LogP contribution < -0.4 is 11.1 Å². The molecule has 0 aromatic heterocycles. The Morgan fingerprint density at radius 2 is 2.00 bits per heavy atom. The molecule has 0 saturated heterocycles. The van der Waals surface area contributed by atoms with Gasteiger partial charge in [0.1, 0.15) is 5.70 Å². The van der Waals surface area contributed by atoms with Gasteiger partial charge in [-0.25, -0.2) is 13.8 Å². The van der Waals surface area contributed by atoms with Crippen LogP contribution in [0, 0.1) is 5.41 Å². The number of hydrogen-bond acceptors (Lipinski definition) is 6. The first-order chi connectivity index (χ1) is 15.8. The lowest BCUT2D eigenvalue weighted by molar-refractivity contribution is -0.111. The fourth-order valence-electron chi connectivity index (χ4n) is 2.95. The first-order valence-electron chi connectivity index (χ1n) is 9.68. The van der Waals surface area contributed by atoms with Gasteiger partial charge >= 0.3 is 0 Å². The fourth-order valence-corrected chi connectivity index (χ4v) is 3.21. The molecule has 0 aliphatic carbocycles. The van der Waals surface area contributed by atoms with Crippen molar-refractivity contribution in [2.45, 2.75) is 6.43 Å². The molecule has 0 saturated carbocycles. The highest BCUT2D eigenvalue weighted by Gasteiger charge is 2.23. The van der Waals surface area contributed by atoms with Crippen molar-refractivity contribution in [3.63, 3.8) is 0 Å². The van der Waals surface area contributed by atoms with E-state index in [1.165, 1.54) is 12.2 Å². The summed E-state index contributed by atoms with van der Waals surface area (Å²) in [6.45, 7) is -0.850. The Morgan fingerprint density at radius 3 is 2.67 bits per heavy atom. The molecule has 1 amide bonds. The minimum atomic E-state index is -2.68. The number of rotatable bonds is 6. The number of alkyl halides is 2. The third kappa shape index (κ3) is 6.19. The SMILES string of the molecule is CN=Cc1cc(NC(=O)/C(=C2/N=C(OCC(F)F)C=CC2=N)c2ccc(Br)cc2)ccc1N. The van der Waals surface area contributed by atoms with E-state index in [4.69, 9.17) is 15.9 Å². The van der Waals surface area contributed by atoms with Gasteiger partial charge in [-0.3, -0.25) is 15.2 Å². The largest absolute Gasteiger partial charge is 0.472 e.